The second-order valence-electron chi connectivity index (χ2n) is 5.44. The van der Waals surface area contributed by atoms with E-state index in [4.69, 9.17) is 26.3 Å². The maximum Gasteiger partial charge on any atom is 0.330 e. The molecule has 0 heterocycles. The van der Waals surface area contributed by atoms with Crippen LogP contribution in [0.3, 0.4) is 0 Å². The second-order valence-corrected chi connectivity index (χ2v) is 5.85. The molecule has 0 saturated carbocycles. The number of nitrogens with zero attached hydrogens (tertiary/aromatic N) is 1. The van der Waals surface area contributed by atoms with Gasteiger partial charge in [-0.15, -0.1) is 0 Å². The summed E-state index contributed by atoms with van der Waals surface area (Å²) < 4.78 is 10.8. The van der Waals surface area contributed by atoms with Crippen molar-refractivity contribution >= 4 is 24.5 Å². The van der Waals surface area contributed by atoms with Crippen LogP contribution in [-0.2, 0) is 4.65 Å². The SMILES string of the molecule is CC(C)(O)C(C)(C)O[B]c1ccc(OCC#N)c(Cl)c1. The van der Waals surface area contributed by atoms with E-state index in [9.17, 15) is 5.11 Å². The Morgan fingerprint density at radius 1 is 1.35 bits per heavy atom. The van der Waals surface area contributed by atoms with Gasteiger partial charge in [0.25, 0.3) is 0 Å². The minimum absolute atomic E-state index is 0.0506. The Hall–Kier alpha value is -1.22. The van der Waals surface area contributed by atoms with Crippen molar-refractivity contribution in [2.24, 2.45) is 0 Å². The van der Waals surface area contributed by atoms with E-state index >= 15 is 0 Å². The van der Waals surface area contributed by atoms with Crippen LogP contribution in [0.5, 0.6) is 5.75 Å². The summed E-state index contributed by atoms with van der Waals surface area (Å²) in [6, 6.07) is 6.99. The molecule has 20 heavy (non-hydrogen) atoms. The summed E-state index contributed by atoms with van der Waals surface area (Å²) in [6.45, 7) is 6.93. The maximum atomic E-state index is 10.00. The molecule has 4 nitrogen and oxygen atoms in total. The number of hydrogen-bond donors (Lipinski definition) is 1. The summed E-state index contributed by atoms with van der Waals surface area (Å²) in [5.41, 5.74) is -0.977. The topological polar surface area (TPSA) is 62.5 Å². The third-order valence-corrected chi connectivity index (χ3v) is 3.51. The van der Waals surface area contributed by atoms with E-state index in [2.05, 4.69) is 0 Å². The van der Waals surface area contributed by atoms with Gasteiger partial charge in [0.2, 0.25) is 0 Å². The van der Waals surface area contributed by atoms with Gasteiger partial charge in [0.15, 0.2) is 6.61 Å². The van der Waals surface area contributed by atoms with Crippen LogP contribution in [0.1, 0.15) is 27.7 Å². The summed E-state index contributed by atoms with van der Waals surface area (Å²) in [7, 11) is 1.54. The minimum atomic E-state index is -0.983. The molecule has 1 radical (unpaired) electrons. The summed E-state index contributed by atoms with van der Waals surface area (Å²) in [6.07, 6.45) is 0. The van der Waals surface area contributed by atoms with E-state index < -0.39 is 11.2 Å². The van der Waals surface area contributed by atoms with E-state index in [1.54, 1.807) is 45.9 Å². The molecule has 0 spiro atoms. The maximum absolute atomic E-state index is 10.00. The Morgan fingerprint density at radius 3 is 2.50 bits per heavy atom. The number of halogens is 1. The molecular weight excluding hydrogens is 276 g/mol. The molecule has 0 aliphatic carbocycles. The third kappa shape index (κ3) is 4.41. The second kappa shape index (κ2) is 6.49. The van der Waals surface area contributed by atoms with Crippen molar-refractivity contribution in [2.75, 3.05) is 6.61 Å². The first kappa shape index (κ1) is 16.8. The third-order valence-electron chi connectivity index (χ3n) is 3.21. The zero-order valence-corrected chi connectivity index (χ0v) is 12.9. The van der Waals surface area contributed by atoms with Gasteiger partial charge >= 0.3 is 7.48 Å². The average Bonchev–Trinajstić information content (AvgIpc) is 2.34. The lowest BCUT2D eigenvalue weighted by Gasteiger charge is -2.37. The molecule has 1 aromatic carbocycles. The largest absolute Gasteiger partial charge is 0.477 e. The molecule has 107 valence electrons. The van der Waals surface area contributed by atoms with E-state index in [0.29, 0.717) is 10.8 Å². The fourth-order valence-corrected chi connectivity index (χ4v) is 1.42. The smallest absolute Gasteiger partial charge is 0.330 e. The van der Waals surface area contributed by atoms with Crippen LogP contribution >= 0.6 is 11.6 Å². The molecular formula is C14H18BClNO3. The van der Waals surface area contributed by atoms with Crippen molar-refractivity contribution in [1.29, 1.82) is 5.26 Å². The van der Waals surface area contributed by atoms with Gasteiger partial charge in [-0.3, -0.25) is 0 Å². The Bertz CT molecular complexity index is 506. The van der Waals surface area contributed by atoms with E-state index in [0.717, 1.165) is 5.46 Å². The van der Waals surface area contributed by atoms with Gasteiger partial charge < -0.3 is 14.5 Å². The van der Waals surface area contributed by atoms with Crippen LogP contribution in [0, 0.1) is 11.3 Å². The summed E-state index contributed by atoms with van der Waals surface area (Å²) in [4.78, 5) is 0. The first-order valence-electron chi connectivity index (χ1n) is 6.20. The molecule has 0 aliphatic heterocycles. The lowest BCUT2D eigenvalue weighted by Crippen LogP contribution is -2.49. The Morgan fingerprint density at radius 2 is 2.00 bits per heavy atom. The van der Waals surface area contributed by atoms with Gasteiger partial charge in [0.05, 0.1) is 16.2 Å². The predicted octanol–water partition coefficient (Wildman–Crippen LogP) is 2.05. The van der Waals surface area contributed by atoms with Gasteiger partial charge in [0.1, 0.15) is 11.8 Å². The molecule has 0 amide bonds. The number of nitriles is 1. The van der Waals surface area contributed by atoms with Gasteiger partial charge in [-0.2, -0.15) is 5.26 Å². The number of rotatable bonds is 6. The quantitative estimate of drug-likeness (QED) is 0.816. The van der Waals surface area contributed by atoms with Crippen molar-refractivity contribution in [2.45, 2.75) is 38.9 Å². The van der Waals surface area contributed by atoms with E-state index in [1.807, 2.05) is 6.07 Å². The van der Waals surface area contributed by atoms with Crippen LogP contribution in [0.25, 0.3) is 0 Å². The highest BCUT2D eigenvalue weighted by molar-refractivity contribution is 6.48. The number of hydrogen-bond acceptors (Lipinski definition) is 4. The highest BCUT2D eigenvalue weighted by Crippen LogP contribution is 2.25. The standard InChI is InChI=1S/C14H18BClNO3/c1-13(2,18)14(3,4)20-15-10-5-6-12(11(16)9-10)19-8-7-17/h5-6,9,18H,8H2,1-4H3. The monoisotopic (exact) mass is 294 g/mol. The molecule has 0 atom stereocenters. The summed E-state index contributed by atoms with van der Waals surface area (Å²) in [5.74, 6) is 0.451. The number of ether oxygens (including phenoxy) is 1. The lowest BCUT2D eigenvalue weighted by atomic mass is 9.82. The van der Waals surface area contributed by atoms with Crippen LogP contribution in [0.15, 0.2) is 18.2 Å². The van der Waals surface area contributed by atoms with Crippen molar-refractivity contribution in [3.8, 4) is 11.8 Å². The van der Waals surface area contributed by atoms with Gasteiger partial charge in [-0.25, -0.2) is 0 Å². The van der Waals surface area contributed by atoms with Crippen LogP contribution < -0.4 is 10.2 Å². The Kier molecular flexibility index (Phi) is 5.46. The van der Waals surface area contributed by atoms with Gasteiger partial charge in [-0.05, 0) is 39.8 Å². The molecule has 6 heteroatoms. The molecule has 0 unspecified atom stereocenters. The molecule has 1 aromatic rings. The molecule has 0 saturated heterocycles. The number of aliphatic hydroxyl groups is 1. The molecule has 0 fully saturated rings. The lowest BCUT2D eigenvalue weighted by molar-refractivity contribution is -0.0893. The van der Waals surface area contributed by atoms with Crippen LogP contribution in [0.2, 0.25) is 5.02 Å². The van der Waals surface area contributed by atoms with Crippen LogP contribution in [-0.4, -0.2) is 30.4 Å². The fourth-order valence-electron chi connectivity index (χ4n) is 1.18. The average molecular weight is 295 g/mol. The van der Waals surface area contributed by atoms with E-state index in [1.165, 1.54) is 7.48 Å². The highest BCUT2D eigenvalue weighted by Gasteiger charge is 2.35. The molecule has 0 bridgehead atoms. The van der Waals surface area contributed by atoms with E-state index in [-0.39, 0.29) is 6.61 Å². The Labute approximate surface area is 125 Å². The molecule has 1 rings (SSSR count). The first-order valence-corrected chi connectivity index (χ1v) is 6.58. The summed E-state index contributed by atoms with van der Waals surface area (Å²) >= 11 is 6.05. The van der Waals surface area contributed by atoms with Gasteiger partial charge in [-0.1, -0.05) is 23.1 Å². The predicted molar refractivity (Wildman–Crippen MR) is 79.4 cm³/mol. The highest BCUT2D eigenvalue weighted by atomic mass is 35.5. The zero-order valence-electron chi connectivity index (χ0n) is 12.1. The Balaban J connectivity index is 2.71. The van der Waals surface area contributed by atoms with Crippen molar-refractivity contribution in [3.63, 3.8) is 0 Å². The molecule has 0 aliphatic rings. The normalized spacial score (nSPS) is 11.8. The van der Waals surface area contributed by atoms with Crippen molar-refractivity contribution in [1.82, 2.24) is 0 Å². The zero-order chi connectivity index (χ0) is 15.4. The minimum Gasteiger partial charge on any atom is -0.477 e. The number of benzene rings is 1. The fraction of sp³-hybridized carbons (Fsp3) is 0.500. The van der Waals surface area contributed by atoms with Gasteiger partial charge in [0, 0.05) is 0 Å². The molecule has 1 N–H and O–H groups in total. The first-order chi connectivity index (χ1) is 9.17. The van der Waals surface area contributed by atoms with Crippen molar-refractivity contribution < 1.29 is 14.5 Å². The van der Waals surface area contributed by atoms with Crippen molar-refractivity contribution in [3.05, 3.63) is 23.2 Å². The molecule has 0 aromatic heterocycles. The van der Waals surface area contributed by atoms with Crippen LogP contribution in [0.4, 0.5) is 0 Å². The summed E-state index contributed by atoms with van der Waals surface area (Å²) in [5, 5.41) is 18.9.